The first-order chi connectivity index (χ1) is 15.2. The largest absolute Gasteiger partial charge is 0.478 e. The SMILES string of the molecule is CCCCCc1ccc(-c2ccc([C@H]3CC[C@H](CCC/C=C/C(=O)O)CC3)cc2)nc1. The van der Waals surface area contributed by atoms with Gasteiger partial charge in [-0.15, -0.1) is 0 Å². The molecule has 0 saturated heterocycles. The normalized spacial score (nSPS) is 19.0. The monoisotopic (exact) mass is 419 g/mol. The topological polar surface area (TPSA) is 50.2 Å². The molecule has 1 aromatic carbocycles. The number of unbranched alkanes of at least 4 members (excludes halogenated alkanes) is 3. The van der Waals surface area contributed by atoms with E-state index in [2.05, 4.69) is 43.3 Å². The number of carboxylic acid groups (broad SMARTS) is 1. The Kier molecular flexibility index (Phi) is 9.33. The number of nitrogens with zero attached hydrogens (tertiary/aromatic N) is 1. The van der Waals surface area contributed by atoms with Gasteiger partial charge in [-0.3, -0.25) is 4.98 Å². The first-order valence-corrected chi connectivity index (χ1v) is 12.1. The van der Waals surface area contributed by atoms with Crippen molar-refractivity contribution in [2.24, 2.45) is 5.92 Å². The van der Waals surface area contributed by atoms with Gasteiger partial charge in [0.15, 0.2) is 0 Å². The summed E-state index contributed by atoms with van der Waals surface area (Å²) >= 11 is 0. The standard InChI is InChI=1S/C28H37NO2/c1-2-3-5-9-23-13-20-27(29-21-23)26-18-16-25(17-19-26)24-14-11-22(12-15-24)8-6-4-7-10-28(30)31/h7,10,13,16-22,24H,2-6,8-9,11-12,14-15H2,1H3,(H,30,31)/b10-7+/t22-,24-. The van der Waals surface area contributed by atoms with Gasteiger partial charge >= 0.3 is 5.97 Å². The van der Waals surface area contributed by atoms with E-state index >= 15 is 0 Å². The van der Waals surface area contributed by atoms with Crippen LogP contribution in [0.2, 0.25) is 0 Å². The number of hydrogen-bond acceptors (Lipinski definition) is 2. The summed E-state index contributed by atoms with van der Waals surface area (Å²) in [6, 6.07) is 13.4. The molecule has 1 aliphatic carbocycles. The maximum atomic E-state index is 10.5. The van der Waals surface area contributed by atoms with Gasteiger partial charge in [-0.2, -0.15) is 0 Å². The lowest BCUT2D eigenvalue weighted by Crippen LogP contribution is -2.13. The number of aromatic nitrogens is 1. The van der Waals surface area contributed by atoms with Crippen molar-refractivity contribution in [1.82, 2.24) is 4.98 Å². The molecule has 1 saturated carbocycles. The van der Waals surface area contributed by atoms with Crippen LogP contribution in [0.1, 0.15) is 88.2 Å². The Bertz CT molecular complexity index is 815. The fraction of sp³-hybridized carbons (Fsp3) is 0.500. The Morgan fingerprint density at radius 1 is 1.03 bits per heavy atom. The number of allylic oxidation sites excluding steroid dienone is 1. The summed E-state index contributed by atoms with van der Waals surface area (Å²) in [6.45, 7) is 2.24. The minimum absolute atomic E-state index is 0.672. The molecule has 2 aromatic rings. The lowest BCUT2D eigenvalue weighted by atomic mass is 9.77. The van der Waals surface area contributed by atoms with E-state index in [1.165, 1.54) is 74.1 Å². The molecule has 1 aromatic heterocycles. The third-order valence-corrected chi connectivity index (χ3v) is 6.66. The quantitative estimate of drug-likeness (QED) is 0.302. The van der Waals surface area contributed by atoms with Crippen LogP contribution in [0.3, 0.4) is 0 Å². The number of aryl methyl sites for hydroxylation is 1. The van der Waals surface area contributed by atoms with E-state index in [0.717, 1.165) is 30.9 Å². The number of rotatable bonds is 11. The molecule has 0 aliphatic heterocycles. The smallest absolute Gasteiger partial charge is 0.327 e. The van der Waals surface area contributed by atoms with Gasteiger partial charge in [0.25, 0.3) is 0 Å². The van der Waals surface area contributed by atoms with Crippen molar-refractivity contribution in [3.05, 3.63) is 65.9 Å². The molecule has 0 radical (unpaired) electrons. The van der Waals surface area contributed by atoms with Gasteiger partial charge < -0.3 is 5.11 Å². The minimum Gasteiger partial charge on any atom is -0.478 e. The van der Waals surface area contributed by atoms with Gasteiger partial charge in [0.2, 0.25) is 0 Å². The number of hydrogen-bond donors (Lipinski definition) is 1. The van der Waals surface area contributed by atoms with Crippen LogP contribution in [0.25, 0.3) is 11.3 Å². The van der Waals surface area contributed by atoms with E-state index in [1.807, 2.05) is 6.20 Å². The van der Waals surface area contributed by atoms with E-state index in [4.69, 9.17) is 10.1 Å². The zero-order valence-electron chi connectivity index (χ0n) is 18.9. The van der Waals surface area contributed by atoms with E-state index in [0.29, 0.717) is 5.92 Å². The van der Waals surface area contributed by atoms with E-state index in [-0.39, 0.29) is 0 Å². The summed E-state index contributed by atoms with van der Waals surface area (Å²) in [4.78, 5) is 15.2. The minimum atomic E-state index is -0.846. The average Bonchev–Trinajstić information content (AvgIpc) is 2.80. The lowest BCUT2D eigenvalue weighted by molar-refractivity contribution is -0.131. The van der Waals surface area contributed by atoms with Crippen LogP contribution in [-0.4, -0.2) is 16.1 Å². The number of carbonyl (C=O) groups is 1. The van der Waals surface area contributed by atoms with Gasteiger partial charge in [0.05, 0.1) is 5.69 Å². The third-order valence-electron chi connectivity index (χ3n) is 6.66. The second-order valence-electron chi connectivity index (χ2n) is 9.02. The zero-order chi connectivity index (χ0) is 21.9. The average molecular weight is 420 g/mol. The Morgan fingerprint density at radius 2 is 1.81 bits per heavy atom. The highest BCUT2D eigenvalue weighted by molar-refractivity contribution is 5.79. The van der Waals surface area contributed by atoms with Gasteiger partial charge in [0, 0.05) is 17.8 Å². The predicted molar refractivity (Wildman–Crippen MR) is 128 cm³/mol. The summed E-state index contributed by atoms with van der Waals surface area (Å²) in [6.07, 6.45) is 18.3. The molecular formula is C28H37NO2. The number of pyridine rings is 1. The van der Waals surface area contributed by atoms with Crippen molar-refractivity contribution in [3.8, 4) is 11.3 Å². The molecule has 0 spiro atoms. The molecule has 1 heterocycles. The molecule has 0 atom stereocenters. The molecular weight excluding hydrogens is 382 g/mol. The molecule has 31 heavy (non-hydrogen) atoms. The highest BCUT2D eigenvalue weighted by Gasteiger charge is 2.22. The highest BCUT2D eigenvalue weighted by atomic mass is 16.4. The van der Waals surface area contributed by atoms with E-state index in [1.54, 1.807) is 6.08 Å². The summed E-state index contributed by atoms with van der Waals surface area (Å²) in [5, 5.41) is 8.64. The van der Waals surface area contributed by atoms with Gasteiger partial charge in [0.1, 0.15) is 0 Å². The summed E-state index contributed by atoms with van der Waals surface area (Å²) in [5.74, 6) is 0.627. The molecule has 3 nitrogen and oxygen atoms in total. The van der Waals surface area contributed by atoms with Crippen molar-refractivity contribution in [2.45, 2.75) is 83.5 Å². The van der Waals surface area contributed by atoms with E-state index in [9.17, 15) is 4.79 Å². The van der Waals surface area contributed by atoms with Crippen LogP contribution in [0.4, 0.5) is 0 Å². The fourth-order valence-electron chi connectivity index (χ4n) is 4.74. The number of benzene rings is 1. The molecule has 0 unspecified atom stereocenters. The molecule has 3 heteroatoms. The maximum absolute atomic E-state index is 10.5. The van der Waals surface area contributed by atoms with Gasteiger partial charge in [-0.1, -0.05) is 62.6 Å². The number of carboxylic acids is 1. The molecule has 3 rings (SSSR count). The second-order valence-corrected chi connectivity index (χ2v) is 9.02. The van der Waals surface area contributed by atoms with Crippen molar-refractivity contribution in [1.29, 1.82) is 0 Å². The Balaban J connectivity index is 1.45. The summed E-state index contributed by atoms with van der Waals surface area (Å²) in [7, 11) is 0. The van der Waals surface area contributed by atoms with Gasteiger partial charge in [-0.05, 0) is 80.4 Å². The van der Waals surface area contributed by atoms with Crippen LogP contribution in [-0.2, 0) is 11.2 Å². The summed E-state index contributed by atoms with van der Waals surface area (Å²) in [5.41, 5.74) is 5.06. The van der Waals surface area contributed by atoms with Crippen molar-refractivity contribution in [3.63, 3.8) is 0 Å². The Morgan fingerprint density at radius 3 is 2.45 bits per heavy atom. The highest BCUT2D eigenvalue weighted by Crippen LogP contribution is 2.38. The van der Waals surface area contributed by atoms with Crippen LogP contribution in [0, 0.1) is 5.92 Å². The zero-order valence-corrected chi connectivity index (χ0v) is 18.9. The first kappa shape index (κ1) is 23.2. The summed E-state index contributed by atoms with van der Waals surface area (Å²) < 4.78 is 0. The lowest BCUT2D eigenvalue weighted by Gasteiger charge is -2.29. The van der Waals surface area contributed by atoms with E-state index < -0.39 is 5.97 Å². The molecule has 0 amide bonds. The maximum Gasteiger partial charge on any atom is 0.327 e. The predicted octanol–water partition coefficient (Wildman–Crippen LogP) is 7.57. The number of aliphatic carboxylic acids is 1. The third kappa shape index (κ3) is 7.65. The molecule has 0 bridgehead atoms. The molecule has 1 fully saturated rings. The van der Waals surface area contributed by atoms with Crippen molar-refractivity contribution < 1.29 is 9.90 Å². The second kappa shape index (κ2) is 12.4. The van der Waals surface area contributed by atoms with Crippen LogP contribution < -0.4 is 0 Å². The molecule has 1 N–H and O–H groups in total. The molecule has 166 valence electrons. The van der Waals surface area contributed by atoms with Crippen LogP contribution in [0.15, 0.2) is 54.7 Å². The fourth-order valence-corrected chi connectivity index (χ4v) is 4.74. The Labute approximate surface area is 187 Å². The van der Waals surface area contributed by atoms with Crippen molar-refractivity contribution >= 4 is 5.97 Å². The first-order valence-electron chi connectivity index (χ1n) is 12.1. The van der Waals surface area contributed by atoms with Crippen LogP contribution >= 0.6 is 0 Å². The van der Waals surface area contributed by atoms with Crippen LogP contribution in [0.5, 0.6) is 0 Å². The van der Waals surface area contributed by atoms with Gasteiger partial charge in [-0.25, -0.2) is 4.79 Å². The van der Waals surface area contributed by atoms with Crippen molar-refractivity contribution in [2.75, 3.05) is 0 Å². The molecule has 1 aliphatic rings. The Hall–Kier alpha value is -2.42.